The zero-order valence-electron chi connectivity index (χ0n) is 16.6. The third-order valence-electron chi connectivity index (χ3n) is 4.73. The molecule has 8 nitrogen and oxygen atoms in total. The van der Waals surface area contributed by atoms with Gasteiger partial charge in [0.15, 0.2) is 11.5 Å². The number of nitro benzene ring substituents is 1. The molecule has 0 spiro atoms. The Kier molecular flexibility index (Phi) is 7.14. The van der Waals surface area contributed by atoms with Gasteiger partial charge in [-0.2, -0.15) is 5.10 Å². The lowest BCUT2D eigenvalue weighted by Gasteiger charge is -2.25. The molecule has 1 saturated carbocycles. The number of ether oxygens (including phenoxy) is 2. The van der Waals surface area contributed by atoms with Crippen LogP contribution in [-0.4, -0.2) is 24.2 Å². The number of methoxy groups -OCH3 is 1. The summed E-state index contributed by atoms with van der Waals surface area (Å²) in [6, 6.07) is 7.60. The molecule has 0 bridgehead atoms. The second-order valence-electron chi connectivity index (χ2n) is 6.93. The quantitative estimate of drug-likeness (QED) is 0.259. The minimum Gasteiger partial charge on any atom is -0.493 e. The molecule has 0 aromatic heterocycles. The molecule has 0 unspecified atom stereocenters. The predicted molar refractivity (Wildman–Crippen MR) is 118 cm³/mol. The number of hydrazone groups is 1. The number of carbonyl (C=O) groups excluding carboxylic acids is 1. The van der Waals surface area contributed by atoms with E-state index in [1.165, 1.54) is 25.5 Å². The Morgan fingerprint density at radius 1 is 1.32 bits per heavy atom. The fraction of sp³-hybridized carbons (Fsp3) is 0.238. The largest absolute Gasteiger partial charge is 0.493 e. The highest BCUT2D eigenvalue weighted by atomic mass is 35.5. The Hall–Kier alpha value is -3.10. The third kappa shape index (κ3) is 5.53. The summed E-state index contributed by atoms with van der Waals surface area (Å²) in [6.45, 7) is 3.85. The van der Waals surface area contributed by atoms with Crippen molar-refractivity contribution in [3.63, 3.8) is 0 Å². The molecule has 1 fully saturated rings. The van der Waals surface area contributed by atoms with Crippen LogP contribution < -0.4 is 14.9 Å². The molecule has 1 aliphatic rings. The van der Waals surface area contributed by atoms with E-state index in [0.717, 1.165) is 5.57 Å². The van der Waals surface area contributed by atoms with E-state index in [9.17, 15) is 14.9 Å². The number of halogens is 2. The Morgan fingerprint density at radius 2 is 2.06 bits per heavy atom. The second-order valence-corrected chi connectivity index (χ2v) is 7.78. The van der Waals surface area contributed by atoms with Gasteiger partial charge in [0.05, 0.1) is 29.9 Å². The molecule has 162 valence electrons. The topological polar surface area (TPSA) is 103 Å². The zero-order valence-corrected chi connectivity index (χ0v) is 18.1. The number of nitro groups is 1. The monoisotopic (exact) mass is 463 g/mol. The van der Waals surface area contributed by atoms with E-state index < -0.39 is 4.92 Å². The standard InChI is InChI=1S/C21H19Cl2N3O5/c1-12-5-14(6-12)21(27)25-24-10-15-7-19(30-2)20(9-18(15)26(28)29)31-11-13-3-4-16(22)8-17(13)23/h3-4,7-10,14H,1,5-6,11H2,2H3,(H,25,27)/b24-10-. The van der Waals surface area contributed by atoms with E-state index in [2.05, 4.69) is 17.1 Å². The molecular weight excluding hydrogens is 445 g/mol. The van der Waals surface area contributed by atoms with Crippen molar-refractivity contribution in [2.24, 2.45) is 11.0 Å². The fourth-order valence-electron chi connectivity index (χ4n) is 2.97. The fourth-order valence-corrected chi connectivity index (χ4v) is 3.44. The number of hydrogen-bond donors (Lipinski definition) is 1. The van der Waals surface area contributed by atoms with Gasteiger partial charge in [-0.05, 0) is 31.0 Å². The van der Waals surface area contributed by atoms with E-state index >= 15 is 0 Å². The van der Waals surface area contributed by atoms with Crippen LogP contribution in [0.3, 0.4) is 0 Å². The van der Waals surface area contributed by atoms with Crippen LogP contribution in [0.5, 0.6) is 11.5 Å². The van der Waals surface area contributed by atoms with Gasteiger partial charge >= 0.3 is 0 Å². The molecule has 0 atom stereocenters. The summed E-state index contributed by atoms with van der Waals surface area (Å²) in [6.07, 6.45) is 2.45. The van der Waals surface area contributed by atoms with Crippen molar-refractivity contribution >= 4 is 41.0 Å². The first-order valence-corrected chi connectivity index (χ1v) is 9.96. The number of nitrogens with zero attached hydrogens (tertiary/aromatic N) is 2. The summed E-state index contributed by atoms with van der Waals surface area (Å²) in [7, 11) is 1.41. The molecular formula is C21H19Cl2N3O5. The maximum Gasteiger partial charge on any atom is 0.282 e. The third-order valence-corrected chi connectivity index (χ3v) is 5.31. The highest BCUT2D eigenvalue weighted by molar-refractivity contribution is 6.35. The first-order valence-electron chi connectivity index (χ1n) is 9.21. The normalized spacial score (nSPS) is 13.7. The van der Waals surface area contributed by atoms with Gasteiger partial charge < -0.3 is 9.47 Å². The number of carbonyl (C=O) groups is 1. The molecule has 1 N–H and O–H groups in total. The van der Waals surface area contributed by atoms with Gasteiger partial charge in [-0.3, -0.25) is 14.9 Å². The van der Waals surface area contributed by atoms with Crippen LogP contribution in [0.1, 0.15) is 24.0 Å². The first kappa shape index (κ1) is 22.6. The maximum absolute atomic E-state index is 12.0. The summed E-state index contributed by atoms with van der Waals surface area (Å²) in [5.74, 6) is 0.0100. The number of amides is 1. The van der Waals surface area contributed by atoms with Gasteiger partial charge in [0.25, 0.3) is 5.69 Å². The molecule has 0 heterocycles. The number of allylic oxidation sites excluding steroid dienone is 1. The molecule has 2 aromatic carbocycles. The number of rotatable bonds is 8. The Bertz CT molecular complexity index is 1060. The van der Waals surface area contributed by atoms with Gasteiger partial charge in [-0.15, -0.1) is 0 Å². The summed E-state index contributed by atoms with van der Waals surface area (Å²) in [5.41, 5.74) is 3.96. The zero-order chi connectivity index (χ0) is 22.5. The van der Waals surface area contributed by atoms with Crippen LogP contribution in [0.2, 0.25) is 10.0 Å². The summed E-state index contributed by atoms with van der Waals surface area (Å²) >= 11 is 12.0. The van der Waals surface area contributed by atoms with Crippen molar-refractivity contribution in [2.75, 3.05) is 7.11 Å². The lowest BCUT2D eigenvalue weighted by Crippen LogP contribution is -2.32. The van der Waals surface area contributed by atoms with Crippen molar-refractivity contribution in [3.8, 4) is 11.5 Å². The molecule has 0 radical (unpaired) electrons. The van der Waals surface area contributed by atoms with E-state index in [0.29, 0.717) is 28.5 Å². The van der Waals surface area contributed by atoms with Gasteiger partial charge in [-0.1, -0.05) is 41.4 Å². The van der Waals surface area contributed by atoms with Crippen molar-refractivity contribution in [2.45, 2.75) is 19.4 Å². The minimum atomic E-state index is -0.569. The molecule has 1 amide bonds. The average molecular weight is 464 g/mol. The highest BCUT2D eigenvalue weighted by Crippen LogP contribution is 2.35. The SMILES string of the molecule is C=C1CC(C(=O)N/N=C\c2cc(OC)c(OCc3ccc(Cl)cc3Cl)cc2[N+](=O)[O-])C1. The molecule has 10 heteroatoms. The number of benzene rings is 2. The van der Waals surface area contributed by atoms with E-state index in [-0.39, 0.29) is 41.2 Å². The van der Waals surface area contributed by atoms with Crippen molar-refractivity contribution in [3.05, 3.63) is 73.8 Å². The number of hydrogen-bond acceptors (Lipinski definition) is 6. The molecule has 1 aliphatic carbocycles. The lowest BCUT2D eigenvalue weighted by atomic mass is 9.81. The van der Waals surface area contributed by atoms with Crippen LogP contribution >= 0.6 is 23.2 Å². The van der Waals surface area contributed by atoms with Gasteiger partial charge in [0.2, 0.25) is 5.91 Å². The van der Waals surface area contributed by atoms with Crippen LogP contribution in [0, 0.1) is 16.0 Å². The molecule has 3 rings (SSSR count). The second kappa shape index (κ2) is 9.80. The van der Waals surface area contributed by atoms with Gasteiger partial charge in [0, 0.05) is 21.5 Å². The Morgan fingerprint density at radius 3 is 2.68 bits per heavy atom. The van der Waals surface area contributed by atoms with E-state index in [1.54, 1.807) is 18.2 Å². The van der Waals surface area contributed by atoms with Gasteiger partial charge in [0.1, 0.15) is 6.61 Å². The first-order chi connectivity index (χ1) is 14.8. The van der Waals surface area contributed by atoms with Crippen LogP contribution in [0.15, 0.2) is 47.6 Å². The summed E-state index contributed by atoms with van der Waals surface area (Å²) in [4.78, 5) is 22.9. The summed E-state index contributed by atoms with van der Waals surface area (Å²) in [5, 5.41) is 16.3. The van der Waals surface area contributed by atoms with Crippen molar-refractivity contribution in [1.82, 2.24) is 5.43 Å². The lowest BCUT2D eigenvalue weighted by molar-refractivity contribution is -0.385. The van der Waals surface area contributed by atoms with Crippen molar-refractivity contribution < 1.29 is 19.2 Å². The smallest absolute Gasteiger partial charge is 0.282 e. The molecule has 0 saturated heterocycles. The molecule has 2 aromatic rings. The highest BCUT2D eigenvalue weighted by Gasteiger charge is 2.28. The Balaban J connectivity index is 1.78. The van der Waals surface area contributed by atoms with Crippen molar-refractivity contribution in [1.29, 1.82) is 0 Å². The van der Waals surface area contributed by atoms with Gasteiger partial charge in [-0.25, -0.2) is 5.43 Å². The molecule has 31 heavy (non-hydrogen) atoms. The van der Waals surface area contributed by atoms with E-state index in [4.69, 9.17) is 32.7 Å². The van der Waals surface area contributed by atoms with Crippen LogP contribution in [0.4, 0.5) is 5.69 Å². The van der Waals surface area contributed by atoms with E-state index in [1.807, 2.05) is 0 Å². The Labute approximate surface area is 188 Å². The predicted octanol–water partition coefficient (Wildman–Crippen LogP) is 4.91. The molecule has 0 aliphatic heterocycles. The average Bonchev–Trinajstić information content (AvgIpc) is 2.70. The minimum absolute atomic E-state index is 0.0552. The maximum atomic E-state index is 12.0. The number of nitrogens with one attached hydrogen (secondary N) is 1. The summed E-state index contributed by atoms with van der Waals surface area (Å²) < 4.78 is 11.0. The van der Waals surface area contributed by atoms with Crippen LogP contribution in [-0.2, 0) is 11.4 Å². The van der Waals surface area contributed by atoms with Crippen LogP contribution in [0.25, 0.3) is 0 Å².